The Hall–Kier alpha value is -3.06. The van der Waals surface area contributed by atoms with Crippen LogP contribution in [0.1, 0.15) is 16.9 Å². The van der Waals surface area contributed by atoms with Crippen LogP contribution in [0.5, 0.6) is 0 Å². The van der Waals surface area contributed by atoms with Crippen molar-refractivity contribution < 1.29 is 27.5 Å². The lowest BCUT2D eigenvalue weighted by atomic mass is 10.2. The number of carboxylic acids is 1. The van der Waals surface area contributed by atoms with Crippen molar-refractivity contribution in [1.82, 2.24) is 9.88 Å². The molecule has 0 aliphatic rings. The van der Waals surface area contributed by atoms with Crippen LogP contribution in [0.15, 0.2) is 23.7 Å². The summed E-state index contributed by atoms with van der Waals surface area (Å²) in [6, 6.07) is 3.21. The Morgan fingerprint density at radius 3 is 2.57 bits per heavy atom. The number of aromatic nitrogens is 1. The summed E-state index contributed by atoms with van der Waals surface area (Å²) in [5, 5.41) is 18.8. The average Bonchev–Trinajstić information content (AvgIpc) is 3.06. The molecule has 150 valence electrons. The predicted octanol–water partition coefficient (Wildman–Crippen LogP) is 1.51. The number of carbonyl (C=O) groups is 2. The third-order valence-electron chi connectivity index (χ3n) is 3.45. The highest BCUT2D eigenvalue weighted by Crippen LogP contribution is 2.34. The van der Waals surface area contributed by atoms with Crippen molar-refractivity contribution in [3.63, 3.8) is 0 Å². The molecule has 0 saturated heterocycles. The van der Waals surface area contributed by atoms with E-state index in [0.29, 0.717) is 4.31 Å². The quantitative estimate of drug-likeness (QED) is 0.297. The van der Waals surface area contributed by atoms with Gasteiger partial charge in [0.15, 0.2) is 5.69 Å². The largest absolute Gasteiger partial charge is 0.476 e. The van der Waals surface area contributed by atoms with Gasteiger partial charge in [-0.3, -0.25) is 10.2 Å². The molecule has 0 aliphatic heterocycles. The number of nitrogens with zero attached hydrogens (tertiary/aromatic N) is 3. The van der Waals surface area contributed by atoms with Crippen molar-refractivity contribution >= 4 is 56.3 Å². The first kappa shape index (κ1) is 21.2. The summed E-state index contributed by atoms with van der Waals surface area (Å²) in [4.78, 5) is 28.1. The van der Waals surface area contributed by atoms with E-state index in [1.54, 1.807) is 14.1 Å². The van der Waals surface area contributed by atoms with E-state index in [0.717, 1.165) is 29.0 Å². The number of carbonyl (C=O) groups excluding carboxylic acids is 1. The zero-order valence-electron chi connectivity index (χ0n) is 14.7. The van der Waals surface area contributed by atoms with Gasteiger partial charge in [-0.2, -0.15) is 0 Å². The lowest BCUT2D eigenvalue weighted by Crippen LogP contribution is -2.26. The number of thiazole rings is 1. The third kappa shape index (κ3) is 4.80. The average molecular weight is 429 g/mol. The van der Waals surface area contributed by atoms with E-state index in [-0.39, 0.29) is 28.6 Å². The van der Waals surface area contributed by atoms with Gasteiger partial charge in [-0.1, -0.05) is 0 Å². The standard InChI is InChI=1S/C15H16FN5O5S2/c1-20(2)11(17)6-12(22)19-10-4-3-8(5-9(10)16)21(28(25)26)14-13(15(23)24)18-7-27-14/h3-5,7,17,28H,6H2,1-2H3,(H,19,22)(H,23,24). The topological polar surface area (TPSA) is 144 Å². The molecular formula is C15H16FN5O5S2. The minimum absolute atomic E-state index is 0.0236. The summed E-state index contributed by atoms with van der Waals surface area (Å²) < 4.78 is 38.4. The first-order valence-electron chi connectivity index (χ1n) is 7.57. The van der Waals surface area contributed by atoms with Crippen LogP contribution in [0.3, 0.4) is 0 Å². The van der Waals surface area contributed by atoms with Gasteiger partial charge in [-0.25, -0.2) is 26.9 Å². The lowest BCUT2D eigenvalue weighted by Gasteiger charge is -2.17. The van der Waals surface area contributed by atoms with E-state index in [1.807, 2.05) is 0 Å². The van der Waals surface area contributed by atoms with Gasteiger partial charge in [0.1, 0.15) is 16.7 Å². The molecule has 0 atom stereocenters. The molecular weight excluding hydrogens is 413 g/mol. The Bertz CT molecular complexity index is 996. The molecule has 0 saturated carbocycles. The van der Waals surface area contributed by atoms with Crippen LogP contribution in [0.25, 0.3) is 0 Å². The summed E-state index contributed by atoms with van der Waals surface area (Å²) >= 11 is 0.769. The zero-order valence-corrected chi connectivity index (χ0v) is 16.4. The molecule has 2 aromatic rings. The van der Waals surface area contributed by atoms with Crippen molar-refractivity contribution in [2.24, 2.45) is 0 Å². The molecule has 3 N–H and O–H groups in total. The molecule has 1 aromatic heterocycles. The first-order chi connectivity index (χ1) is 13.1. The van der Waals surface area contributed by atoms with E-state index in [9.17, 15) is 22.4 Å². The summed E-state index contributed by atoms with van der Waals surface area (Å²) in [7, 11) is -0.153. The molecule has 1 aromatic carbocycles. The van der Waals surface area contributed by atoms with Gasteiger partial charge in [-0.15, -0.1) is 11.3 Å². The van der Waals surface area contributed by atoms with Gasteiger partial charge in [0.2, 0.25) is 16.8 Å². The Morgan fingerprint density at radius 2 is 2.04 bits per heavy atom. The van der Waals surface area contributed by atoms with Gasteiger partial charge in [-0.05, 0) is 12.1 Å². The fraction of sp³-hybridized carbons (Fsp3) is 0.200. The van der Waals surface area contributed by atoms with Gasteiger partial charge in [0, 0.05) is 20.2 Å². The van der Waals surface area contributed by atoms with Crippen LogP contribution < -0.4 is 9.62 Å². The van der Waals surface area contributed by atoms with E-state index in [1.165, 1.54) is 11.0 Å². The number of hydrogen-bond acceptors (Lipinski definition) is 7. The zero-order chi connectivity index (χ0) is 21.0. The summed E-state index contributed by atoms with van der Waals surface area (Å²) in [5.74, 6) is -2.94. The number of anilines is 3. The molecule has 0 radical (unpaired) electrons. The number of aromatic carboxylic acids is 1. The van der Waals surface area contributed by atoms with Crippen molar-refractivity contribution in [2.75, 3.05) is 23.7 Å². The second-order valence-electron chi connectivity index (χ2n) is 5.59. The number of rotatable bonds is 7. The molecule has 13 heteroatoms. The molecule has 1 heterocycles. The van der Waals surface area contributed by atoms with Crippen molar-refractivity contribution in [3.8, 4) is 0 Å². The van der Waals surface area contributed by atoms with Crippen LogP contribution >= 0.6 is 11.3 Å². The van der Waals surface area contributed by atoms with E-state index >= 15 is 0 Å². The molecule has 2 rings (SSSR count). The number of thiol groups is 1. The monoisotopic (exact) mass is 429 g/mol. The second-order valence-corrected chi connectivity index (χ2v) is 7.30. The number of hydrogen-bond donors (Lipinski definition) is 4. The van der Waals surface area contributed by atoms with E-state index < -0.39 is 34.3 Å². The molecule has 0 unspecified atom stereocenters. The Balaban J connectivity index is 2.31. The van der Waals surface area contributed by atoms with E-state index in [2.05, 4.69) is 10.3 Å². The van der Waals surface area contributed by atoms with Crippen molar-refractivity contribution in [1.29, 1.82) is 5.41 Å². The summed E-state index contributed by atoms with van der Waals surface area (Å²) in [6.45, 7) is 0. The Labute approximate surface area is 164 Å². The fourth-order valence-electron chi connectivity index (χ4n) is 2.06. The van der Waals surface area contributed by atoms with Crippen LogP contribution in [-0.4, -0.2) is 55.2 Å². The van der Waals surface area contributed by atoms with Crippen LogP contribution in [0.2, 0.25) is 0 Å². The van der Waals surface area contributed by atoms with Gasteiger partial charge < -0.3 is 15.3 Å². The lowest BCUT2D eigenvalue weighted by molar-refractivity contribution is -0.115. The number of halogens is 1. The van der Waals surface area contributed by atoms with Crippen LogP contribution in [0.4, 0.5) is 20.8 Å². The number of amides is 1. The number of amidine groups is 1. The number of nitrogens with one attached hydrogen (secondary N) is 2. The fourth-order valence-corrected chi connectivity index (χ4v) is 3.68. The molecule has 0 bridgehead atoms. The van der Waals surface area contributed by atoms with Crippen molar-refractivity contribution in [3.05, 3.63) is 35.2 Å². The van der Waals surface area contributed by atoms with E-state index in [4.69, 9.17) is 10.5 Å². The van der Waals surface area contributed by atoms with Gasteiger partial charge >= 0.3 is 5.97 Å². The Morgan fingerprint density at radius 1 is 1.36 bits per heavy atom. The normalized spacial score (nSPS) is 10.6. The molecule has 1 amide bonds. The summed E-state index contributed by atoms with van der Waals surface area (Å²) in [5.41, 5.74) is 0.322. The highest BCUT2D eigenvalue weighted by Gasteiger charge is 2.23. The Kier molecular flexibility index (Phi) is 6.64. The molecule has 10 nitrogen and oxygen atoms in total. The first-order valence-corrected chi connectivity index (χ1v) is 9.58. The molecule has 28 heavy (non-hydrogen) atoms. The second kappa shape index (κ2) is 8.75. The smallest absolute Gasteiger partial charge is 0.357 e. The summed E-state index contributed by atoms with van der Waals surface area (Å²) in [6.07, 6.45) is -0.268. The highest BCUT2D eigenvalue weighted by molar-refractivity contribution is 7.74. The third-order valence-corrected chi connectivity index (χ3v) is 5.15. The predicted molar refractivity (Wildman–Crippen MR) is 103 cm³/mol. The minimum Gasteiger partial charge on any atom is -0.476 e. The maximum absolute atomic E-state index is 14.4. The maximum atomic E-state index is 14.4. The molecule has 0 spiro atoms. The number of benzene rings is 1. The van der Waals surface area contributed by atoms with Gasteiger partial charge in [0.25, 0.3) is 0 Å². The van der Waals surface area contributed by atoms with Crippen molar-refractivity contribution in [2.45, 2.75) is 6.42 Å². The minimum atomic E-state index is -3.34. The molecule has 0 aliphatic carbocycles. The molecule has 0 fully saturated rings. The van der Waals surface area contributed by atoms with Crippen LogP contribution in [-0.2, 0) is 15.7 Å². The van der Waals surface area contributed by atoms with Gasteiger partial charge in [0.05, 0.1) is 23.3 Å². The highest BCUT2D eigenvalue weighted by atomic mass is 32.2. The van der Waals surface area contributed by atoms with Crippen LogP contribution in [0, 0.1) is 11.2 Å². The SMILES string of the molecule is CN(C)C(=N)CC(=O)Nc1ccc(N(c2scnc2C(=O)O)[SH](=O)=O)cc1F. The number of carboxylic acid groups (broad SMARTS) is 1. The maximum Gasteiger partial charge on any atom is 0.357 e.